The molecular weight excluding hydrogens is 188 g/mol. The van der Waals surface area contributed by atoms with Gasteiger partial charge in [-0.15, -0.1) is 0 Å². The lowest BCUT2D eigenvalue weighted by Gasteiger charge is -2.21. The molecule has 0 aromatic heterocycles. The summed E-state index contributed by atoms with van der Waals surface area (Å²) in [6.45, 7) is 5.97. The zero-order valence-corrected chi connectivity index (χ0v) is 8.68. The molecule has 0 aliphatic carbocycles. The minimum absolute atomic E-state index is 0.137. The Labute approximate surface area is 82.8 Å². The largest absolute Gasteiger partial charge is 0.504 e. The van der Waals surface area contributed by atoms with Crippen LogP contribution < -0.4 is 0 Å². The predicted octanol–water partition coefficient (Wildman–Crippen LogP) is 3.05. The van der Waals surface area contributed by atoms with Gasteiger partial charge >= 0.3 is 0 Å². The molecule has 0 bridgehead atoms. The van der Waals surface area contributed by atoms with Crippen LogP contribution in [0.5, 0.6) is 11.5 Å². The number of hydrogen-bond donors (Lipinski definition) is 2. The molecule has 2 nitrogen and oxygen atoms in total. The van der Waals surface area contributed by atoms with E-state index in [0.29, 0.717) is 0 Å². The van der Waals surface area contributed by atoms with Gasteiger partial charge in [0.1, 0.15) is 0 Å². The second-order valence-electron chi connectivity index (χ2n) is 4.04. The molecule has 3 heteroatoms. The van der Waals surface area contributed by atoms with Gasteiger partial charge in [-0.25, -0.2) is 0 Å². The first kappa shape index (κ1) is 10.2. The maximum Gasteiger partial charge on any atom is 0.176 e. The van der Waals surface area contributed by atoms with Crippen LogP contribution in [0.4, 0.5) is 0 Å². The van der Waals surface area contributed by atoms with E-state index in [-0.39, 0.29) is 21.9 Å². The lowest BCUT2D eigenvalue weighted by molar-refractivity contribution is 0.401. The Hall–Kier alpha value is -0.890. The fraction of sp³-hybridized carbons (Fsp3) is 0.400. The summed E-state index contributed by atoms with van der Waals surface area (Å²) in [5.41, 5.74) is 0.687. The fourth-order valence-electron chi connectivity index (χ4n) is 1.13. The maximum absolute atomic E-state index is 9.37. The lowest BCUT2D eigenvalue weighted by Crippen LogP contribution is -2.11. The maximum atomic E-state index is 9.37. The molecule has 0 aliphatic rings. The first-order valence-electron chi connectivity index (χ1n) is 4.05. The van der Waals surface area contributed by atoms with Crippen molar-refractivity contribution in [2.75, 3.05) is 0 Å². The van der Waals surface area contributed by atoms with Crippen LogP contribution in [0.3, 0.4) is 0 Å². The Morgan fingerprint density at radius 3 is 2.15 bits per heavy atom. The smallest absolute Gasteiger partial charge is 0.176 e. The van der Waals surface area contributed by atoms with Gasteiger partial charge in [0.05, 0.1) is 5.02 Å². The summed E-state index contributed by atoms with van der Waals surface area (Å²) >= 11 is 5.87. The molecule has 1 aromatic carbocycles. The van der Waals surface area contributed by atoms with Crippen LogP contribution in [0, 0.1) is 0 Å². The van der Waals surface area contributed by atoms with Crippen LogP contribution >= 0.6 is 11.6 Å². The monoisotopic (exact) mass is 200 g/mol. The third kappa shape index (κ3) is 1.89. The van der Waals surface area contributed by atoms with Crippen molar-refractivity contribution in [2.45, 2.75) is 26.2 Å². The van der Waals surface area contributed by atoms with E-state index in [1.165, 1.54) is 6.07 Å². The van der Waals surface area contributed by atoms with Crippen molar-refractivity contribution in [1.82, 2.24) is 0 Å². The van der Waals surface area contributed by atoms with E-state index in [2.05, 4.69) is 0 Å². The number of hydrogen-bond acceptors (Lipinski definition) is 2. The average Bonchev–Trinajstić information content (AvgIpc) is 1.98. The number of rotatable bonds is 0. The highest BCUT2D eigenvalue weighted by Crippen LogP contribution is 2.40. The van der Waals surface area contributed by atoms with Gasteiger partial charge < -0.3 is 10.2 Å². The Kier molecular flexibility index (Phi) is 2.44. The van der Waals surface area contributed by atoms with Crippen molar-refractivity contribution in [2.24, 2.45) is 0 Å². The zero-order valence-electron chi connectivity index (χ0n) is 7.93. The van der Waals surface area contributed by atoms with Crippen LogP contribution in [0.25, 0.3) is 0 Å². The minimum atomic E-state index is -0.242. The Balaban J connectivity index is 3.35. The summed E-state index contributed by atoms with van der Waals surface area (Å²) < 4.78 is 0. The highest BCUT2D eigenvalue weighted by Gasteiger charge is 2.20. The van der Waals surface area contributed by atoms with Gasteiger partial charge in [-0.3, -0.25) is 0 Å². The Morgan fingerprint density at radius 1 is 1.15 bits per heavy atom. The van der Waals surface area contributed by atoms with E-state index in [0.717, 1.165) is 5.56 Å². The second-order valence-corrected chi connectivity index (χ2v) is 4.42. The van der Waals surface area contributed by atoms with E-state index >= 15 is 0 Å². The highest BCUT2D eigenvalue weighted by molar-refractivity contribution is 6.33. The van der Waals surface area contributed by atoms with Crippen molar-refractivity contribution in [3.63, 3.8) is 0 Å². The summed E-state index contributed by atoms with van der Waals surface area (Å²) in [4.78, 5) is 0. The molecule has 0 aliphatic heterocycles. The molecule has 0 unspecified atom stereocenters. The second kappa shape index (κ2) is 3.11. The van der Waals surface area contributed by atoms with Crippen LogP contribution in [-0.2, 0) is 5.41 Å². The molecule has 2 N–H and O–H groups in total. The highest BCUT2D eigenvalue weighted by atomic mass is 35.5. The molecule has 72 valence electrons. The molecule has 0 spiro atoms. The van der Waals surface area contributed by atoms with Crippen LogP contribution in [0.2, 0.25) is 5.02 Å². The third-order valence-corrected chi connectivity index (χ3v) is 2.29. The molecule has 0 fully saturated rings. The van der Waals surface area contributed by atoms with E-state index in [4.69, 9.17) is 16.7 Å². The standard InChI is InChI=1S/C10H13ClO2/c1-10(2,3)6-4-5-7(12)9(13)8(6)11/h4-5,12-13H,1-3H3. The Bertz CT molecular complexity index is 326. The molecule has 1 aromatic rings. The molecule has 0 saturated heterocycles. The number of phenols is 2. The number of halogens is 1. The molecule has 0 amide bonds. The van der Waals surface area contributed by atoms with Gasteiger partial charge in [0.2, 0.25) is 0 Å². The lowest BCUT2D eigenvalue weighted by atomic mass is 9.87. The van der Waals surface area contributed by atoms with Crippen LogP contribution in [0.15, 0.2) is 12.1 Å². The SMILES string of the molecule is CC(C)(C)c1ccc(O)c(O)c1Cl. The van der Waals surface area contributed by atoms with E-state index in [9.17, 15) is 5.11 Å². The van der Waals surface area contributed by atoms with Gasteiger partial charge in [-0.05, 0) is 17.0 Å². The molecule has 0 atom stereocenters. The van der Waals surface area contributed by atoms with Gasteiger partial charge in [0.25, 0.3) is 0 Å². The number of aromatic hydroxyl groups is 2. The van der Waals surface area contributed by atoms with Crippen molar-refractivity contribution in [1.29, 1.82) is 0 Å². The summed E-state index contributed by atoms with van der Waals surface area (Å²) in [6, 6.07) is 3.17. The molecular formula is C10H13ClO2. The summed E-state index contributed by atoms with van der Waals surface area (Å²) in [6.07, 6.45) is 0. The number of phenolic OH excluding ortho intramolecular Hbond substituents is 2. The quantitative estimate of drug-likeness (QED) is 0.632. The Morgan fingerprint density at radius 2 is 1.69 bits per heavy atom. The fourth-order valence-corrected chi connectivity index (χ4v) is 1.58. The van der Waals surface area contributed by atoms with E-state index in [1.54, 1.807) is 6.07 Å². The van der Waals surface area contributed by atoms with Crippen molar-refractivity contribution >= 4 is 11.6 Å². The van der Waals surface area contributed by atoms with Crippen molar-refractivity contribution in [3.8, 4) is 11.5 Å². The summed E-state index contributed by atoms with van der Waals surface area (Å²) in [5.74, 6) is -0.424. The molecule has 0 saturated carbocycles. The van der Waals surface area contributed by atoms with Gasteiger partial charge in [-0.1, -0.05) is 38.4 Å². The van der Waals surface area contributed by atoms with E-state index < -0.39 is 0 Å². The normalized spacial score (nSPS) is 11.7. The summed E-state index contributed by atoms with van der Waals surface area (Å²) in [7, 11) is 0. The van der Waals surface area contributed by atoms with Crippen LogP contribution in [-0.4, -0.2) is 10.2 Å². The molecule has 0 heterocycles. The molecule has 1 rings (SSSR count). The molecule has 13 heavy (non-hydrogen) atoms. The van der Waals surface area contributed by atoms with Crippen molar-refractivity contribution < 1.29 is 10.2 Å². The van der Waals surface area contributed by atoms with Gasteiger partial charge in [-0.2, -0.15) is 0 Å². The third-order valence-electron chi connectivity index (χ3n) is 1.90. The number of benzene rings is 1. The average molecular weight is 201 g/mol. The topological polar surface area (TPSA) is 40.5 Å². The van der Waals surface area contributed by atoms with Crippen molar-refractivity contribution in [3.05, 3.63) is 22.7 Å². The molecule has 0 radical (unpaired) electrons. The summed E-state index contributed by atoms with van der Waals surface area (Å²) in [5, 5.41) is 18.8. The minimum Gasteiger partial charge on any atom is -0.504 e. The first-order valence-corrected chi connectivity index (χ1v) is 4.42. The predicted molar refractivity (Wildman–Crippen MR) is 53.5 cm³/mol. The van der Waals surface area contributed by atoms with Gasteiger partial charge in [0, 0.05) is 0 Å². The van der Waals surface area contributed by atoms with E-state index in [1.807, 2.05) is 20.8 Å². The van der Waals surface area contributed by atoms with Gasteiger partial charge in [0.15, 0.2) is 11.5 Å². The first-order chi connectivity index (χ1) is 5.84. The zero-order chi connectivity index (χ0) is 10.2. The van der Waals surface area contributed by atoms with Crippen LogP contribution in [0.1, 0.15) is 26.3 Å².